The number of benzene rings is 3. The van der Waals surface area contributed by atoms with Crippen LogP contribution in [0.5, 0.6) is 11.5 Å². The molecule has 4 aromatic rings. The van der Waals surface area contributed by atoms with E-state index in [1.807, 2.05) is 79.0 Å². The summed E-state index contributed by atoms with van der Waals surface area (Å²) in [7, 11) is 0. The Balaban J connectivity index is 0.00000272. The zero-order valence-corrected chi connectivity index (χ0v) is 19.2. The van der Waals surface area contributed by atoms with Crippen LogP contribution >= 0.6 is 24.0 Å². The molecule has 3 N–H and O–H groups in total. The number of guanidine groups is 1. The highest BCUT2D eigenvalue weighted by Crippen LogP contribution is 2.23. The third kappa shape index (κ3) is 6.58. The van der Waals surface area contributed by atoms with Gasteiger partial charge < -0.3 is 20.4 Å². The van der Waals surface area contributed by atoms with Gasteiger partial charge in [0.1, 0.15) is 23.9 Å². The Morgan fingerprint density at radius 2 is 1.65 bits per heavy atom. The smallest absolute Gasteiger partial charge is 0.193 e. The van der Waals surface area contributed by atoms with E-state index in [0.29, 0.717) is 12.5 Å². The van der Waals surface area contributed by atoms with Crippen LogP contribution in [0.15, 0.2) is 102 Å². The van der Waals surface area contributed by atoms with Crippen LogP contribution in [0.2, 0.25) is 0 Å². The first-order valence-corrected chi connectivity index (χ1v) is 9.70. The van der Waals surface area contributed by atoms with E-state index in [2.05, 4.69) is 32.0 Å². The van der Waals surface area contributed by atoms with Crippen molar-refractivity contribution in [1.29, 1.82) is 0 Å². The lowest BCUT2D eigenvalue weighted by molar-refractivity contribution is 0.483. The highest BCUT2D eigenvalue weighted by atomic mass is 127. The minimum atomic E-state index is 0. The van der Waals surface area contributed by atoms with Crippen molar-refractivity contribution < 1.29 is 4.74 Å². The second-order valence-electron chi connectivity index (χ2n) is 6.73. The predicted octanol–water partition coefficient (Wildman–Crippen LogP) is 5.27. The van der Waals surface area contributed by atoms with E-state index in [9.17, 15) is 0 Å². The number of anilines is 1. The van der Waals surface area contributed by atoms with E-state index in [1.54, 1.807) is 6.20 Å². The third-order valence-electron chi connectivity index (χ3n) is 4.47. The lowest BCUT2D eigenvalue weighted by Crippen LogP contribution is -2.22. The number of rotatable bonds is 7. The maximum absolute atomic E-state index is 6.09. The Morgan fingerprint density at radius 1 is 0.935 bits per heavy atom. The third-order valence-corrected chi connectivity index (χ3v) is 4.47. The predicted molar refractivity (Wildman–Crippen MR) is 135 cm³/mol. The Labute approximate surface area is 198 Å². The van der Waals surface area contributed by atoms with Crippen LogP contribution in [0.3, 0.4) is 0 Å². The first-order valence-electron chi connectivity index (χ1n) is 9.70. The average Bonchev–Trinajstić information content (AvgIpc) is 3.21. The quantitative estimate of drug-likeness (QED) is 0.196. The molecule has 4 rings (SSSR count). The zero-order chi connectivity index (χ0) is 20.6. The average molecular weight is 525 g/mol. The number of hydrogen-bond donors (Lipinski definition) is 2. The Hall–Kier alpha value is -3.33. The summed E-state index contributed by atoms with van der Waals surface area (Å²) in [5.74, 6) is 2.67. The molecule has 0 aliphatic heterocycles. The highest BCUT2D eigenvalue weighted by Gasteiger charge is 2.04. The summed E-state index contributed by atoms with van der Waals surface area (Å²) in [5.41, 5.74) is 8.10. The number of nitrogens with two attached hydrogens (primary N) is 1. The van der Waals surface area contributed by atoms with Crippen molar-refractivity contribution in [2.45, 2.75) is 13.1 Å². The van der Waals surface area contributed by atoms with Gasteiger partial charge in [0.15, 0.2) is 5.96 Å². The fraction of sp³-hybridized carbons (Fsp3) is 0.0833. The summed E-state index contributed by atoms with van der Waals surface area (Å²) >= 11 is 0. The topological polar surface area (TPSA) is 77.5 Å². The molecule has 0 saturated carbocycles. The van der Waals surface area contributed by atoms with Crippen molar-refractivity contribution in [3.63, 3.8) is 0 Å². The van der Waals surface area contributed by atoms with Crippen molar-refractivity contribution in [2.75, 3.05) is 5.32 Å². The molecule has 0 radical (unpaired) electrons. The maximum atomic E-state index is 6.09. The van der Waals surface area contributed by atoms with E-state index >= 15 is 0 Å². The van der Waals surface area contributed by atoms with E-state index < -0.39 is 0 Å². The summed E-state index contributed by atoms with van der Waals surface area (Å²) in [6.45, 7) is 1.14. The highest BCUT2D eigenvalue weighted by molar-refractivity contribution is 14.0. The van der Waals surface area contributed by atoms with Crippen molar-refractivity contribution in [2.24, 2.45) is 10.7 Å². The van der Waals surface area contributed by atoms with Gasteiger partial charge in [0.2, 0.25) is 0 Å². The van der Waals surface area contributed by atoms with Gasteiger partial charge in [-0.3, -0.25) is 0 Å². The van der Waals surface area contributed by atoms with Gasteiger partial charge in [0.25, 0.3) is 0 Å². The molecule has 1 heterocycles. The SMILES string of the molecule is I.NC(=NCc1nccn1Cc1ccccc1)Nc1cccc(Oc2ccccc2)c1. The molecule has 158 valence electrons. The van der Waals surface area contributed by atoms with Crippen molar-refractivity contribution in [3.8, 4) is 11.5 Å². The summed E-state index contributed by atoms with van der Waals surface area (Å²) in [4.78, 5) is 8.84. The number of para-hydroxylation sites is 1. The Kier molecular flexibility index (Phi) is 8.05. The second-order valence-corrected chi connectivity index (χ2v) is 6.73. The van der Waals surface area contributed by atoms with Crippen LogP contribution in [-0.2, 0) is 13.1 Å². The summed E-state index contributed by atoms with van der Waals surface area (Å²) in [5, 5.41) is 3.11. The first kappa shape index (κ1) is 22.4. The number of aliphatic imine (C=N–C) groups is 1. The molecule has 0 bridgehead atoms. The molecule has 0 spiro atoms. The monoisotopic (exact) mass is 525 g/mol. The molecule has 7 heteroatoms. The number of imidazole rings is 1. The van der Waals surface area contributed by atoms with Crippen LogP contribution in [0, 0.1) is 0 Å². The molecule has 6 nitrogen and oxygen atoms in total. The number of nitrogens with zero attached hydrogens (tertiary/aromatic N) is 3. The van der Waals surface area contributed by atoms with Crippen molar-refractivity contribution in [1.82, 2.24) is 9.55 Å². The zero-order valence-electron chi connectivity index (χ0n) is 16.9. The van der Waals surface area contributed by atoms with Crippen LogP contribution in [-0.4, -0.2) is 15.5 Å². The molecule has 0 aliphatic rings. The van der Waals surface area contributed by atoms with Crippen LogP contribution in [0.4, 0.5) is 5.69 Å². The standard InChI is InChI=1S/C24H23N5O.HI/c25-24(27-17-23-26-14-15-29(23)18-19-8-3-1-4-9-19)28-20-10-7-13-22(16-20)30-21-11-5-2-6-12-21;/h1-16H,17-18H2,(H3,25,27,28);1H. The number of ether oxygens (including phenoxy) is 1. The largest absolute Gasteiger partial charge is 0.457 e. The fourth-order valence-corrected chi connectivity index (χ4v) is 3.02. The molecular weight excluding hydrogens is 501 g/mol. The van der Waals surface area contributed by atoms with Crippen LogP contribution in [0.1, 0.15) is 11.4 Å². The van der Waals surface area contributed by atoms with Gasteiger partial charge in [-0.15, -0.1) is 24.0 Å². The van der Waals surface area contributed by atoms with Gasteiger partial charge in [-0.1, -0.05) is 54.6 Å². The Bertz CT molecular complexity index is 1110. The fourth-order valence-electron chi connectivity index (χ4n) is 3.02. The normalized spacial score (nSPS) is 10.9. The van der Waals surface area contributed by atoms with Gasteiger partial charge in [0.05, 0.1) is 0 Å². The lowest BCUT2D eigenvalue weighted by atomic mass is 10.2. The molecule has 0 atom stereocenters. The Morgan fingerprint density at radius 3 is 2.42 bits per heavy atom. The molecule has 0 fully saturated rings. The maximum Gasteiger partial charge on any atom is 0.193 e. The second kappa shape index (κ2) is 11.2. The molecule has 0 amide bonds. The number of hydrogen-bond acceptors (Lipinski definition) is 3. The van der Waals surface area contributed by atoms with Crippen molar-refractivity contribution in [3.05, 3.63) is 109 Å². The number of aromatic nitrogens is 2. The van der Waals surface area contributed by atoms with Crippen LogP contribution in [0.25, 0.3) is 0 Å². The van der Waals surface area contributed by atoms with Gasteiger partial charge in [-0.2, -0.15) is 0 Å². The van der Waals surface area contributed by atoms with Gasteiger partial charge in [0, 0.05) is 30.7 Å². The minimum Gasteiger partial charge on any atom is -0.457 e. The van der Waals surface area contributed by atoms with E-state index in [0.717, 1.165) is 29.6 Å². The lowest BCUT2D eigenvalue weighted by Gasteiger charge is -2.10. The van der Waals surface area contributed by atoms with Gasteiger partial charge in [-0.25, -0.2) is 9.98 Å². The molecule has 1 aromatic heterocycles. The van der Waals surface area contributed by atoms with Gasteiger partial charge >= 0.3 is 0 Å². The molecule has 3 aromatic carbocycles. The number of nitrogens with one attached hydrogen (secondary N) is 1. The summed E-state index contributed by atoms with van der Waals surface area (Å²) in [6, 6.07) is 27.5. The van der Waals surface area contributed by atoms with E-state index in [4.69, 9.17) is 10.5 Å². The molecule has 0 saturated heterocycles. The molecule has 31 heavy (non-hydrogen) atoms. The minimum absolute atomic E-state index is 0. The number of halogens is 1. The first-order chi connectivity index (χ1) is 14.8. The van der Waals surface area contributed by atoms with Crippen LogP contribution < -0.4 is 15.8 Å². The summed E-state index contributed by atoms with van der Waals surface area (Å²) in [6.07, 6.45) is 3.73. The van der Waals surface area contributed by atoms with Crippen molar-refractivity contribution >= 4 is 35.6 Å². The van der Waals surface area contributed by atoms with E-state index in [-0.39, 0.29) is 24.0 Å². The summed E-state index contributed by atoms with van der Waals surface area (Å²) < 4.78 is 7.93. The van der Waals surface area contributed by atoms with E-state index in [1.165, 1.54) is 5.56 Å². The molecule has 0 unspecified atom stereocenters. The van der Waals surface area contributed by atoms with Gasteiger partial charge in [-0.05, 0) is 29.8 Å². The molecule has 0 aliphatic carbocycles. The molecular formula is C24H24IN5O.